The Bertz CT molecular complexity index is 1090. The molecule has 0 radical (unpaired) electrons. The molecule has 1 aliphatic heterocycles. The van der Waals surface area contributed by atoms with E-state index in [0.717, 1.165) is 73.0 Å². The summed E-state index contributed by atoms with van der Waals surface area (Å²) < 4.78 is 5.55. The summed E-state index contributed by atoms with van der Waals surface area (Å²) >= 11 is 0. The molecule has 1 aliphatic rings. The van der Waals surface area contributed by atoms with Gasteiger partial charge in [0.2, 0.25) is 0 Å². The Hall–Kier alpha value is -0.500. The van der Waals surface area contributed by atoms with E-state index < -0.39 is 11.6 Å². The number of allylic oxidation sites excluding steroid dienone is 1. The lowest BCUT2D eigenvalue weighted by Gasteiger charge is -2.29. The summed E-state index contributed by atoms with van der Waals surface area (Å²) in [6.45, 7) is 34.4. The molecule has 66 heavy (non-hydrogen) atoms. The molecule has 0 spiro atoms. The Balaban J connectivity index is 0. The lowest BCUT2D eigenvalue weighted by atomic mass is 9.88. The van der Waals surface area contributed by atoms with Gasteiger partial charge in [-0.05, 0) is 99.7 Å². The molecule has 1 fully saturated rings. The standard InChI is InChI=1S/C20H43NO2.C20H40O2.C20H40O/c1-16(2)9-6-10-17(3)11-7-12-18(4)13-8-14-20(5,23)19(21)15-22;1-16(2)9-6-10-17(3)11-7-12-18(4)13-8-14-20(5)19(15-21)22-20;1-17(2)9-6-10-18(3)11-7-12-19(4)13-8-14-20(5)15-16-21/h16-19,22-23H,6-15,21H2,1-5H3;16-19,21H,6-15H2,1-5H3;15,17-19,21H,6-14,16H2,1-5H3/b;;20-15+. The third kappa shape index (κ3) is 41.3. The summed E-state index contributed by atoms with van der Waals surface area (Å²) in [6.07, 6.45) is 37.0. The van der Waals surface area contributed by atoms with Crippen LogP contribution in [0.2, 0.25) is 0 Å². The van der Waals surface area contributed by atoms with Crippen LogP contribution in [0.4, 0.5) is 0 Å². The van der Waals surface area contributed by atoms with Crippen LogP contribution < -0.4 is 5.73 Å². The summed E-state index contributed by atoms with van der Waals surface area (Å²) in [5.74, 6) is 7.60. The highest BCUT2D eigenvalue weighted by molar-refractivity contribution is 4.98. The summed E-state index contributed by atoms with van der Waals surface area (Å²) in [6, 6.07) is -0.538. The van der Waals surface area contributed by atoms with Crippen molar-refractivity contribution in [3.63, 3.8) is 0 Å². The number of hydrogen-bond acceptors (Lipinski definition) is 6. The second kappa shape index (κ2) is 41.2. The molecule has 0 aromatic carbocycles. The first-order valence-corrected chi connectivity index (χ1v) is 28.6. The lowest BCUT2D eigenvalue weighted by Crippen LogP contribution is -2.48. The van der Waals surface area contributed by atoms with E-state index in [4.69, 9.17) is 25.8 Å². The SMILES string of the molecule is C/C(=C\CO)CCCC(C)CCCC(C)CCCC(C)C.CC(C)CCCC(C)CCCC(C)CCCC(C)(O)C(N)CO.CC(C)CCCC(C)CCCC(C)CCCC1(C)OC1CO. The summed E-state index contributed by atoms with van der Waals surface area (Å²) in [5, 5.41) is 37.1. The van der Waals surface area contributed by atoms with E-state index in [0.29, 0.717) is 12.3 Å². The highest BCUT2D eigenvalue weighted by Crippen LogP contribution is 2.40. The highest BCUT2D eigenvalue weighted by Gasteiger charge is 2.50. The van der Waals surface area contributed by atoms with Crippen LogP contribution in [0.3, 0.4) is 0 Å². The zero-order valence-electron chi connectivity index (χ0n) is 47.4. The van der Waals surface area contributed by atoms with Gasteiger partial charge in [0.15, 0.2) is 0 Å². The van der Waals surface area contributed by atoms with Crippen molar-refractivity contribution in [1.82, 2.24) is 0 Å². The number of ether oxygens (including phenoxy) is 1. The average molecular weight is 939 g/mol. The Morgan fingerprint density at radius 3 is 1.15 bits per heavy atom. The van der Waals surface area contributed by atoms with E-state index in [1.165, 1.54) is 147 Å². The van der Waals surface area contributed by atoms with Gasteiger partial charge in [0.1, 0.15) is 6.10 Å². The third-order valence-electron chi connectivity index (χ3n) is 15.3. The van der Waals surface area contributed by atoms with Crippen LogP contribution in [0.15, 0.2) is 11.6 Å². The van der Waals surface area contributed by atoms with E-state index in [-0.39, 0.29) is 31.5 Å². The zero-order chi connectivity index (χ0) is 50.6. The first-order valence-electron chi connectivity index (χ1n) is 28.6. The molecule has 6 heteroatoms. The van der Waals surface area contributed by atoms with Gasteiger partial charge in [0.25, 0.3) is 0 Å². The fourth-order valence-electron chi connectivity index (χ4n) is 9.65. The van der Waals surface area contributed by atoms with E-state index in [2.05, 4.69) is 96.9 Å². The van der Waals surface area contributed by atoms with Gasteiger partial charge in [0.05, 0.1) is 37.1 Å². The third-order valence-corrected chi connectivity index (χ3v) is 15.3. The molecule has 398 valence electrons. The minimum absolute atomic E-state index is 0.0145. The molecule has 1 rings (SSSR count). The maximum atomic E-state index is 10.2. The van der Waals surface area contributed by atoms with Crippen molar-refractivity contribution in [3.05, 3.63) is 11.6 Å². The second-order valence-electron chi connectivity index (χ2n) is 24.6. The maximum absolute atomic E-state index is 10.2. The second-order valence-corrected chi connectivity index (χ2v) is 24.6. The van der Waals surface area contributed by atoms with Crippen LogP contribution in [0, 0.1) is 53.3 Å². The van der Waals surface area contributed by atoms with Gasteiger partial charge in [-0.15, -0.1) is 0 Å². The molecule has 0 amide bonds. The minimum Gasteiger partial charge on any atom is -0.395 e. The summed E-state index contributed by atoms with van der Waals surface area (Å²) in [7, 11) is 0. The molecular formula is C60H123NO5. The molecule has 6 nitrogen and oxygen atoms in total. The monoisotopic (exact) mass is 938 g/mol. The smallest absolute Gasteiger partial charge is 0.110 e. The Labute approximate surface area is 414 Å². The molecule has 1 heterocycles. The lowest BCUT2D eigenvalue weighted by molar-refractivity contribution is 0.00289. The molecule has 0 aliphatic carbocycles. The van der Waals surface area contributed by atoms with Gasteiger partial charge >= 0.3 is 0 Å². The topological polar surface area (TPSA) is 119 Å². The highest BCUT2D eigenvalue weighted by atomic mass is 16.6. The van der Waals surface area contributed by atoms with Crippen molar-refractivity contribution in [2.75, 3.05) is 19.8 Å². The van der Waals surface area contributed by atoms with Crippen molar-refractivity contribution in [1.29, 1.82) is 0 Å². The van der Waals surface area contributed by atoms with E-state index >= 15 is 0 Å². The van der Waals surface area contributed by atoms with E-state index in [1.54, 1.807) is 6.92 Å². The average Bonchev–Trinajstić information content (AvgIpc) is 3.89. The van der Waals surface area contributed by atoms with Crippen LogP contribution in [-0.2, 0) is 4.74 Å². The predicted molar refractivity (Wildman–Crippen MR) is 291 cm³/mol. The number of nitrogens with two attached hydrogens (primary N) is 1. The normalized spacial score (nSPS) is 20.5. The number of rotatable bonds is 40. The van der Waals surface area contributed by atoms with Crippen molar-refractivity contribution >= 4 is 0 Å². The number of hydrogen-bond donors (Lipinski definition) is 5. The maximum Gasteiger partial charge on any atom is 0.110 e. The van der Waals surface area contributed by atoms with Crippen LogP contribution in [-0.4, -0.2) is 63.6 Å². The number of aliphatic hydroxyl groups is 4. The fourth-order valence-corrected chi connectivity index (χ4v) is 9.65. The van der Waals surface area contributed by atoms with Crippen LogP contribution >= 0.6 is 0 Å². The van der Waals surface area contributed by atoms with Gasteiger partial charge < -0.3 is 30.9 Å². The van der Waals surface area contributed by atoms with Crippen molar-refractivity contribution in [3.8, 4) is 0 Å². The molecule has 6 N–H and O–H groups in total. The molecule has 0 saturated carbocycles. The van der Waals surface area contributed by atoms with Crippen molar-refractivity contribution in [2.24, 2.45) is 59.0 Å². The zero-order valence-corrected chi connectivity index (χ0v) is 47.4. The molecule has 10 atom stereocenters. The Morgan fingerprint density at radius 2 is 0.848 bits per heavy atom. The van der Waals surface area contributed by atoms with Gasteiger partial charge in [-0.25, -0.2) is 0 Å². The van der Waals surface area contributed by atoms with Crippen LogP contribution in [0.25, 0.3) is 0 Å². The van der Waals surface area contributed by atoms with Crippen LogP contribution in [0.5, 0.6) is 0 Å². The quantitative estimate of drug-likeness (QED) is 0.0308. The Kier molecular flexibility index (Phi) is 42.1. The summed E-state index contributed by atoms with van der Waals surface area (Å²) in [4.78, 5) is 0. The largest absolute Gasteiger partial charge is 0.395 e. The van der Waals surface area contributed by atoms with Crippen molar-refractivity contribution in [2.45, 2.75) is 301 Å². The summed E-state index contributed by atoms with van der Waals surface area (Å²) in [5.41, 5.74) is 6.12. The van der Waals surface area contributed by atoms with E-state index in [1.807, 2.05) is 6.08 Å². The molecular weight excluding hydrogens is 815 g/mol. The molecule has 1 saturated heterocycles. The minimum atomic E-state index is -0.945. The van der Waals surface area contributed by atoms with Crippen molar-refractivity contribution < 1.29 is 25.2 Å². The van der Waals surface area contributed by atoms with Gasteiger partial charge in [-0.2, -0.15) is 0 Å². The number of epoxide rings is 1. The Morgan fingerprint density at radius 1 is 0.530 bits per heavy atom. The predicted octanol–water partition coefficient (Wildman–Crippen LogP) is 16.4. The van der Waals surface area contributed by atoms with E-state index in [9.17, 15) is 5.11 Å². The molecule has 0 bridgehead atoms. The fraction of sp³-hybridized carbons (Fsp3) is 0.967. The van der Waals surface area contributed by atoms with Gasteiger partial charge in [-0.3, -0.25) is 0 Å². The molecule has 10 unspecified atom stereocenters. The molecule has 0 aromatic heterocycles. The van der Waals surface area contributed by atoms with Gasteiger partial charge in [0, 0.05) is 0 Å². The number of aliphatic hydroxyl groups excluding tert-OH is 3. The first kappa shape index (κ1) is 67.6. The first-order chi connectivity index (χ1) is 31.0. The van der Waals surface area contributed by atoms with Crippen LogP contribution in [0.1, 0.15) is 277 Å². The molecule has 0 aromatic rings. The van der Waals surface area contributed by atoms with Gasteiger partial charge in [-0.1, -0.05) is 242 Å².